The van der Waals surface area contributed by atoms with E-state index in [4.69, 9.17) is 4.74 Å². The molecular weight excluding hydrogens is 410 g/mol. The number of hydrogen-bond donors (Lipinski definition) is 4. The lowest BCUT2D eigenvalue weighted by atomic mass is 10.1. The molecule has 0 bridgehead atoms. The van der Waals surface area contributed by atoms with Gasteiger partial charge in [-0.05, 0) is 55.7 Å². The molecule has 2 atom stereocenters. The Labute approximate surface area is 180 Å². The topological polar surface area (TPSA) is 121 Å². The van der Waals surface area contributed by atoms with E-state index in [1.165, 1.54) is 18.2 Å². The van der Waals surface area contributed by atoms with Crippen molar-refractivity contribution in [2.24, 2.45) is 0 Å². The molecule has 30 heavy (non-hydrogen) atoms. The Hall–Kier alpha value is -2.81. The van der Waals surface area contributed by atoms with Crippen molar-refractivity contribution in [3.05, 3.63) is 65.0 Å². The zero-order chi connectivity index (χ0) is 20.8. The molecule has 0 amide bonds. The number of hydrogen-bond acceptors (Lipinski definition) is 8. The summed E-state index contributed by atoms with van der Waals surface area (Å²) in [6.07, 6.45) is -0.0642. The normalized spacial score (nSPS) is 12.8. The van der Waals surface area contributed by atoms with Crippen molar-refractivity contribution in [2.45, 2.75) is 39.0 Å². The number of phenols is 2. The summed E-state index contributed by atoms with van der Waals surface area (Å²) in [6, 6.07) is 12.0. The van der Waals surface area contributed by atoms with Gasteiger partial charge in [0, 0.05) is 18.7 Å². The van der Waals surface area contributed by atoms with Gasteiger partial charge in [0.2, 0.25) is 0 Å². The smallest absolute Gasteiger partial charge is 0.145 e. The number of aromatic hydroxyl groups is 2. The fraction of sp³-hybridized carbons (Fsp3) is 0.333. The lowest BCUT2D eigenvalue weighted by Gasteiger charge is -2.18. The van der Waals surface area contributed by atoms with E-state index in [0.29, 0.717) is 30.1 Å². The fourth-order valence-corrected chi connectivity index (χ4v) is 2.92. The third-order valence-corrected chi connectivity index (χ3v) is 4.56. The Kier molecular flexibility index (Phi) is 8.46. The second-order valence-corrected chi connectivity index (χ2v) is 7.04. The summed E-state index contributed by atoms with van der Waals surface area (Å²) in [5.41, 5.74) is 2.97. The number of rotatable bonds is 9. The number of phenolic OH excluding ortho intramolecular Hbond substituents is 2. The van der Waals surface area contributed by atoms with Crippen molar-refractivity contribution in [1.82, 2.24) is 15.6 Å². The number of ether oxygens (including phenoxy) is 1. The van der Waals surface area contributed by atoms with Crippen LogP contribution in [0.2, 0.25) is 0 Å². The number of aliphatic hydroxyl groups is 1. The Morgan fingerprint density at radius 1 is 1.07 bits per heavy atom. The Morgan fingerprint density at radius 3 is 2.33 bits per heavy atom. The lowest BCUT2D eigenvalue weighted by Crippen LogP contribution is -2.32. The summed E-state index contributed by atoms with van der Waals surface area (Å²) < 4.78 is 10.3. The highest BCUT2D eigenvalue weighted by atomic mass is 35.5. The zero-order valence-corrected chi connectivity index (χ0v) is 17.6. The first-order valence-electron chi connectivity index (χ1n) is 9.35. The number of nitrogens with zero attached hydrogens (tertiary/aromatic N) is 2. The molecule has 3 aromatic rings. The van der Waals surface area contributed by atoms with E-state index < -0.39 is 6.10 Å². The molecule has 9 heteroatoms. The van der Waals surface area contributed by atoms with Crippen molar-refractivity contribution in [2.75, 3.05) is 6.54 Å². The van der Waals surface area contributed by atoms with Gasteiger partial charge in [-0.25, -0.2) is 4.63 Å². The van der Waals surface area contributed by atoms with Gasteiger partial charge in [-0.2, -0.15) is 0 Å². The number of benzene rings is 2. The van der Waals surface area contributed by atoms with E-state index in [1.54, 1.807) is 0 Å². The quantitative estimate of drug-likeness (QED) is 0.404. The fourth-order valence-electron chi connectivity index (χ4n) is 2.92. The van der Waals surface area contributed by atoms with Gasteiger partial charge in [-0.3, -0.25) is 0 Å². The Morgan fingerprint density at radius 2 is 1.73 bits per heavy atom. The molecule has 0 saturated heterocycles. The summed E-state index contributed by atoms with van der Waals surface area (Å²) in [5, 5.41) is 40.1. The van der Waals surface area contributed by atoms with Crippen molar-refractivity contribution < 1.29 is 24.7 Å². The van der Waals surface area contributed by atoms with Gasteiger partial charge in [0.1, 0.15) is 35.2 Å². The number of aliphatic hydroxyl groups excluding tert-OH is 1. The van der Waals surface area contributed by atoms with Gasteiger partial charge >= 0.3 is 0 Å². The largest absolute Gasteiger partial charge is 0.508 e. The van der Waals surface area contributed by atoms with Gasteiger partial charge in [0.25, 0.3) is 0 Å². The molecule has 0 radical (unpaired) electrons. The van der Waals surface area contributed by atoms with Crippen molar-refractivity contribution in [3.63, 3.8) is 0 Å². The molecule has 3 rings (SSSR count). The van der Waals surface area contributed by atoms with Crippen LogP contribution in [0.4, 0.5) is 0 Å². The average Bonchev–Trinajstić information content (AvgIpc) is 3.09. The molecule has 0 unspecified atom stereocenters. The highest BCUT2D eigenvalue weighted by Crippen LogP contribution is 2.24. The molecule has 0 aliphatic heterocycles. The van der Waals surface area contributed by atoms with Crippen LogP contribution in [0.5, 0.6) is 17.2 Å². The van der Waals surface area contributed by atoms with Crippen LogP contribution in [-0.4, -0.2) is 38.2 Å². The maximum absolute atomic E-state index is 10.3. The molecule has 0 fully saturated rings. The van der Waals surface area contributed by atoms with Crippen molar-refractivity contribution >= 4 is 12.4 Å². The summed E-state index contributed by atoms with van der Waals surface area (Å²) in [4.78, 5) is 0. The van der Waals surface area contributed by atoms with Crippen LogP contribution in [0.15, 0.2) is 47.1 Å². The maximum atomic E-state index is 10.3. The molecule has 8 nitrogen and oxygen atoms in total. The predicted octanol–water partition coefficient (Wildman–Crippen LogP) is 3.04. The SMILES string of the molecule is Cc1nonc1COc1ccc(C[C@H](C)NC[C@H](O)c2cc(O)cc(O)c2)cc1.Cl. The van der Waals surface area contributed by atoms with Crippen molar-refractivity contribution in [3.8, 4) is 17.2 Å². The van der Waals surface area contributed by atoms with Crippen LogP contribution in [0.25, 0.3) is 0 Å². The summed E-state index contributed by atoms with van der Waals surface area (Å²) in [6.45, 7) is 4.44. The molecule has 0 spiro atoms. The molecule has 2 aromatic carbocycles. The standard InChI is InChI=1S/C21H25N3O5.ClH/c1-13(22-11-21(27)16-8-17(25)10-18(26)9-16)7-15-3-5-19(6-4-15)28-12-20-14(2)23-29-24-20;/h3-6,8-10,13,21-22,25-27H,7,11-12H2,1-2H3;1H/t13-,21-;/m0./s1. The van der Waals surface area contributed by atoms with Crippen LogP contribution >= 0.6 is 12.4 Å². The predicted molar refractivity (Wildman–Crippen MR) is 113 cm³/mol. The minimum atomic E-state index is -0.833. The zero-order valence-electron chi connectivity index (χ0n) is 16.8. The summed E-state index contributed by atoms with van der Waals surface area (Å²) >= 11 is 0. The first kappa shape index (κ1) is 23.5. The molecular formula is C21H26ClN3O5. The third kappa shape index (κ3) is 6.62. The maximum Gasteiger partial charge on any atom is 0.145 e. The molecule has 0 aliphatic carbocycles. The second kappa shape index (κ2) is 10.8. The summed E-state index contributed by atoms with van der Waals surface area (Å²) in [7, 11) is 0. The van der Waals surface area contributed by atoms with E-state index in [1.807, 2.05) is 38.1 Å². The van der Waals surface area contributed by atoms with E-state index >= 15 is 0 Å². The minimum absolute atomic E-state index is 0. The van der Waals surface area contributed by atoms with E-state index in [2.05, 4.69) is 20.3 Å². The molecule has 0 aliphatic rings. The molecule has 162 valence electrons. The lowest BCUT2D eigenvalue weighted by molar-refractivity contribution is 0.170. The molecule has 1 heterocycles. The molecule has 1 aromatic heterocycles. The average molecular weight is 436 g/mol. The second-order valence-electron chi connectivity index (χ2n) is 7.04. The summed E-state index contributed by atoms with van der Waals surface area (Å²) in [5.74, 6) is 0.574. The van der Waals surface area contributed by atoms with Crippen LogP contribution in [0.1, 0.15) is 35.5 Å². The van der Waals surface area contributed by atoms with Gasteiger partial charge in [0.05, 0.1) is 6.10 Å². The Balaban J connectivity index is 0.00000320. The van der Waals surface area contributed by atoms with Crippen LogP contribution in [0, 0.1) is 6.92 Å². The molecule has 4 N–H and O–H groups in total. The monoisotopic (exact) mass is 435 g/mol. The third-order valence-electron chi connectivity index (χ3n) is 4.56. The van der Waals surface area contributed by atoms with Gasteiger partial charge < -0.3 is 25.4 Å². The van der Waals surface area contributed by atoms with Crippen LogP contribution in [0.3, 0.4) is 0 Å². The number of halogens is 1. The van der Waals surface area contributed by atoms with Gasteiger partial charge in [-0.1, -0.05) is 22.4 Å². The van der Waals surface area contributed by atoms with Crippen LogP contribution < -0.4 is 10.1 Å². The highest BCUT2D eigenvalue weighted by molar-refractivity contribution is 5.85. The van der Waals surface area contributed by atoms with Gasteiger partial charge in [-0.15, -0.1) is 12.4 Å². The van der Waals surface area contributed by atoms with Gasteiger partial charge in [0.15, 0.2) is 0 Å². The minimum Gasteiger partial charge on any atom is -0.508 e. The molecule has 0 saturated carbocycles. The number of aryl methyl sites for hydroxylation is 1. The number of nitrogens with one attached hydrogen (secondary N) is 1. The first-order valence-corrected chi connectivity index (χ1v) is 9.35. The van der Waals surface area contributed by atoms with E-state index in [0.717, 1.165) is 17.7 Å². The van der Waals surface area contributed by atoms with Crippen molar-refractivity contribution in [1.29, 1.82) is 0 Å². The Bertz CT molecular complexity index is 912. The first-order chi connectivity index (χ1) is 13.9. The van der Waals surface area contributed by atoms with Crippen LogP contribution in [-0.2, 0) is 13.0 Å². The van der Waals surface area contributed by atoms with E-state index in [9.17, 15) is 15.3 Å². The van der Waals surface area contributed by atoms with E-state index in [-0.39, 0.29) is 29.9 Å². The highest BCUT2D eigenvalue weighted by Gasteiger charge is 2.12. The number of aromatic nitrogens is 2.